The predicted octanol–water partition coefficient (Wildman–Crippen LogP) is 5.16. The first-order chi connectivity index (χ1) is 13.5. The zero-order valence-corrected chi connectivity index (χ0v) is 17.2. The first-order valence-corrected chi connectivity index (χ1v) is 11.5. The molecule has 0 atom stereocenters. The summed E-state index contributed by atoms with van der Waals surface area (Å²) >= 11 is 7.20. The van der Waals surface area contributed by atoms with Gasteiger partial charge in [-0.1, -0.05) is 41.9 Å². The number of nitrogens with one attached hydrogen (secondary N) is 1. The summed E-state index contributed by atoms with van der Waals surface area (Å²) < 4.78 is 24.9. The van der Waals surface area contributed by atoms with Crippen molar-refractivity contribution in [1.29, 1.82) is 0 Å². The van der Waals surface area contributed by atoms with Gasteiger partial charge in [-0.05, 0) is 48.5 Å². The van der Waals surface area contributed by atoms with E-state index in [-0.39, 0.29) is 16.6 Å². The monoisotopic (exact) mass is 431 g/mol. The summed E-state index contributed by atoms with van der Waals surface area (Å²) in [6, 6.07) is 22.4. The number of rotatable bonds is 7. The van der Waals surface area contributed by atoms with Crippen molar-refractivity contribution < 1.29 is 13.2 Å². The quantitative estimate of drug-likeness (QED) is 0.525. The van der Waals surface area contributed by atoms with Crippen LogP contribution in [-0.4, -0.2) is 25.8 Å². The van der Waals surface area contributed by atoms with Gasteiger partial charge in [0.25, 0.3) is 5.91 Å². The van der Waals surface area contributed by atoms with Gasteiger partial charge >= 0.3 is 0 Å². The molecule has 1 N–H and O–H groups in total. The molecule has 0 spiro atoms. The van der Waals surface area contributed by atoms with Crippen molar-refractivity contribution in [3.8, 4) is 0 Å². The normalized spacial score (nSPS) is 11.2. The Hall–Kier alpha value is -2.28. The van der Waals surface area contributed by atoms with E-state index in [9.17, 15) is 13.2 Å². The van der Waals surface area contributed by atoms with Crippen molar-refractivity contribution in [1.82, 2.24) is 0 Å². The topological polar surface area (TPSA) is 63.2 Å². The lowest BCUT2D eigenvalue weighted by atomic mass is 10.2. The van der Waals surface area contributed by atoms with Gasteiger partial charge in [0.15, 0.2) is 9.84 Å². The summed E-state index contributed by atoms with van der Waals surface area (Å²) in [5.41, 5.74) is 1.22. The Balaban J connectivity index is 1.65. The van der Waals surface area contributed by atoms with Crippen molar-refractivity contribution in [3.63, 3.8) is 0 Å². The molecule has 4 nitrogen and oxygen atoms in total. The molecule has 0 saturated heterocycles. The minimum atomic E-state index is -3.39. The van der Waals surface area contributed by atoms with Gasteiger partial charge in [0.2, 0.25) is 0 Å². The number of amides is 1. The second kappa shape index (κ2) is 9.28. The van der Waals surface area contributed by atoms with E-state index in [1.165, 1.54) is 23.9 Å². The zero-order chi connectivity index (χ0) is 20.0. The largest absolute Gasteiger partial charge is 0.321 e. The number of hydrogen-bond acceptors (Lipinski definition) is 4. The number of anilines is 1. The summed E-state index contributed by atoms with van der Waals surface area (Å²) in [6.45, 7) is 0. The highest BCUT2D eigenvalue weighted by atomic mass is 35.5. The highest BCUT2D eigenvalue weighted by Gasteiger charge is 2.15. The lowest BCUT2D eigenvalue weighted by Gasteiger charge is -2.11. The Labute approximate surface area is 173 Å². The number of hydrogen-bond donors (Lipinski definition) is 1. The number of thioether (sulfide) groups is 1. The number of carbonyl (C=O) groups is 1. The van der Waals surface area contributed by atoms with Crippen molar-refractivity contribution in [2.45, 2.75) is 9.79 Å². The van der Waals surface area contributed by atoms with Crippen molar-refractivity contribution in [2.24, 2.45) is 0 Å². The molecule has 0 aliphatic carbocycles. The SMILES string of the molecule is O=C(Nc1ccccc1SCCS(=O)(=O)c1ccc(Cl)cc1)c1ccccc1. The lowest BCUT2D eigenvalue weighted by molar-refractivity contribution is 0.102. The number of carbonyl (C=O) groups excluding carboxylic acids is 1. The smallest absolute Gasteiger partial charge is 0.255 e. The molecule has 3 rings (SSSR count). The number of benzene rings is 3. The Bertz CT molecular complexity index is 1050. The number of para-hydroxylation sites is 1. The van der Waals surface area contributed by atoms with Gasteiger partial charge in [-0.3, -0.25) is 4.79 Å². The average molecular weight is 432 g/mol. The van der Waals surface area contributed by atoms with E-state index >= 15 is 0 Å². The highest BCUT2D eigenvalue weighted by molar-refractivity contribution is 8.00. The first-order valence-electron chi connectivity index (χ1n) is 8.52. The van der Waals surface area contributed by atoms with Gasteiger partial charge in [-0.15, -0.1) is 11.8 Å². The van der Waals surface area contributed by atoms with Gasteiger partial charge in [0, 0.05) is 21.2 Å². The van der Waals surface area contributed by atoms with E-state index in [1.807, 2.05) is 24.3 Å². The van der Waals surface area contributed by atoms with Gasteiger partial charge < -0.3 is 5.32 Å². The molecule has 0 saturated carbocycles. The van der Waals surface area contributed by atoms with Crippen molar-refractivity contribution in [3.05, 3.63) is 89.4 Å². The third-order valence-electron chi connectivity index (χ3n) is 3.95. The van der Waals surface area contributed by atoms with Crippen LogP contribution in [0.1, 0.15) is 10.4 Å². The summed E-state index contributed by atoms with van der Waals surface area (Å²) in [5, 5.41) is 3.39. The average Bonchev–Trinajstić information content (AvgIpc) is 2.70. The molecular weight excluding hydrogens is 414 g/mol. The third kappa shape index (κ3) is 5.38. The maximum absolute atomic E-state index is 12.5. The van der Waals surface area contributed by atoms with E-state index in [2.05, 4.69) is 5.32 Å². The van der Waals surface area contributed by atoms with Crippen LogP contribution in [-0.2, 0) is 9.84 Å². The van der Waals surface area contributed by atoms with Gasteiger partial charge in [-0.25, -0.2) is 8.42 Å². The van der Waals surface area contributed by atoms with E-state index in [4.69, 9.17) is 11.6 Å². The van der Waals surface area contributed by atoms with Gasteiger partial charge in [0.05, 0.1) is 16.3 Å². The third-order valence-corrected chi connectivity index (χ3v) is 7.27. The van der Waals surface area contributed by atoms with Crippen LogP contribution in [0, 0.1) is 0 Å². The maximum atomic E-state index is 12.5. The van der Waals surface area contributed by atoms with Crippen LogP contribution in [0.2, 0.25) is 5.02 Å². The molecule has 7 heteroatoms. The summed E-state index contributed by atoms with van der Waals surface area (Å²) in [6.07, 6.45) is 0. The number of halogens is 1. The van der Waals surface area contributed by atoms with Crippen LogP contribution in [0.5, 0.6) is 0 Å². The van der Waals surface area contributed by atoms with Gasteiger partial charge in [0.1, 0.15) is 0 Å². The zero-order valence-electron chi connectivity index (χ0n) is 14.8. The molecule has 28 heavy (non-hydrogen) atoms. The van der Waals surface area contributed by atoms with Crippen molar-refractivity contribution in [2.75, 3.05) is 16.8 Å². The lowest BCUT2D eigenvalue weighted by Crippen LogP contribution is -2.12. The predicted molar refractivity (Wildman–Crippen MR) is 115 cm³/mol. The Morgan fingerprint density at radius 3 is 2.25 bits per heavy atom. The molecule has 3 aromatic carbocycles. The second-order valence-electron chi connectivity index (χ2n) is 5.94. The molecule has 0 fully saturated rings. The Morgan fingerprint density at radius 1 is 0.893 bits per heavy atom. The van der Waals surface area contributed by atoms with Crippen LogP contribution >= 0.6 is 23.4 Å². The summed E-state index contributed by atoms with van der Waals surface area (Å²) in [5.74, 6) is 0.145. The van der Waals surface area contributed by atoms with Crippen LogP contribution in [0.15, 0.2) is 88.7 Å². The molecular formula is C21H18ClNO3S2. The fourth-order valence-corrected chi connectivity index (χ4v) is 5.29. The summed E-state index contributed by atoms with van der Waals surface area (Å²) in [7, 11) is -3.39. The maximum Gasteiger partial charge on any atom is 0.255 e. The van der Waals surface area contributed by atoms with E-state index in [1.54, 1.807) is 42.5 Å². The van der Waals surface area contributed by atoms with E-state index < -0.39 is 9.84 Å². The molecule has 0 heterocycles. The standard InChI is InChI=1S/C21H18ClNO3S2/c22-17-10-12-18(13-11-17)28(25,26)15-14-27-20-9-5-4-8-19(20)23-21(24)16-6-2-1-3-7-16/h1-13H,14-15H2,(H,23,24). The molecule has 0 aromatic heterocycles. The molecule has 1 amide bonds. The van der Waals surface area contributed by atoms with Crippen LogP contribution in [0.3, 0.4) is 0 Å². The first kappa shape index (κ1) is 20.5. The van der Waals surface area contributed by atoms with Crippen LogP contribution in [0.4, 0.5) is 5.69 Å². The summed E-state index contributed by atoms with van der Waals surface area (Å²) in [4.78, 5) is 13.5. The fraction of sp³-hybridized carbons (Fsp3) is 0.0952. The molecule has 0 radical (unpaired) electrons. The fourth-order valence-electron chi connectivity index (χ4n) is 2.50. The molecule has 3 aromatic rings. The molecule has 0 unspecified atom stereocenters. The second-order valence-corrected chi connectivity index (χ2v) is 9.62. The van der Waals surface area contributed by atoms with Crippen LogP contribution < -0.4 is 5.32 Å². The van der Waals surface area contributed by atoms with E-state index in [0.29, 0.717) is 22.0 Å². The molecule has 0 aliphatic rings. The Morgan fingerprint density at radius 2 is 1.54 bits per heavy atom. The van der Waals surface area contributed by atoms with Crippen LogP contribution in [0.25, 0.3) is 0 Å². The molecule has 0 bridgehead atoms. The van der Waals surface area contributed by atoms with Crippen molar-refractivity contribution >= 4 is 44.8 Å². The minimum Gasteiger partial charge on any atom is -0.321 e. The minimum absolute atomic E-state index is 0.0136. The highest BCUT2D eigenvalue weighted by Crippen LogP contribution is 2.28. The Kier molecular flexibility index (Phi) is 6.78. The number of sulfone groups is 1. The molecule has 0 aliphatic heterocycles. The van der Waals surface area contributed by atoms with E-state index in [0.717, 1.165) is 4.90 Å². The van der Waals surface area contributed by atoms with Gasteiger partial charge in [-0.2, -0.15) is 0 Å². The molecule has 144 valence electrons.